The average molecular weight is 482 g/mol. The largest absolute Gasteiger partial charge is 0.462 e. The number of pyridine rings is 1. The van der Waals surface area contributed by atoms with Gasteiger partial charge in [0.15, 0.2) is 0 Å². The van der Waals surface area contributed by atoms with E-state index in [2.05, 4.69) is 21.8 Å². The van der Waals surface area contributed by atoms with E-state index in [-0.39, 0.29) is 16.4 Å². The molecule has 0 atom stereocenters. The summed E-state index contributed by atoms with van der Waals surface area (Å²) in [5.74, 6) is -0.436. The van der Waals surface area contributed by atoms with Gasteiger partial charge in [-0.05, 0) is 69.3 Å². The van der Waals surface area contributed by atoms with E-state index >= 15 is 0 Å². The van der Waals surface area contributed by atoms with Gasteiger partial charge in [-0.3, -0.25) is 4.98 Å². The van der Waals surface area contributed by atoms with Gasteiger partial charge in [-0.2, -0.15) is 0 Å². The van der Waals surface area contributed by atoms with Crippen LogP contribution < -0.4 is 4.90 Å². The number of fused-ring (bicyclic) bond motifs is 1. The van der Waals surface area contributed by atoms with Crippen molar-refractivity contribution in [2.24, 2.45) is 0 Å². The summed E-state index contributed by atoms with van der Waals surface area (Å²) in [5, 5.41) is 0.640. The Bertz CT molecular complexity index is 1290. The number of hydrogen-bond acceptors (Lipinski definition) is 7. The Morgan fingerprint density at radius 2 is 1.79 bits per heavy atom. The Labute approximate surface area is 201 Å². The summed E-state index contributed by atoms with van der Waals surface area (Å²) in [7, 11) is -1.77. The third-order valence-corrected chi connectivity index (χ3v) is 8.05. The van der Waals surface area contributed by atoms with Crippen molar-refractivity contribution >= 4 is 32.4 Å². The first-order valence-corrected chi connectivity index (χ1v) is 13.2. The lowest BCUT2D eigenvalue weighted by molar-refractivity contribution is 0.0526. The van der Waals surface area contributed by atoms with Crippen molar-refractivity contribution < 1.29 is 17.9 Å². The van der Waals surface area contributed by atoms with Crippen molar-refractivity contribution in [3.8, 4) is 0 Å². The van der Waals surface area contributed by atoms with Gasteiger partial charge >= 0.3 is 5.97 Å². The highest BCUT2D eigenvalue weighted by atomic mass is 32.2. The summed E-state index contributed by atoms with van der Waals surface area (Å²) in [4.78, 5) is 21.7. The summed E-state index contributed by atoms with van der Waals surface area (Å²) in [6, 6.07) is 12.2. The Balaban J connectivity index is 1.93. The second-order valence-electron chi connectivity index (χ2n) is 8.57. The Kier molecular flexibility index (Phi) is 7.19. The molecule has 1 aromatic heterocycles. The van der Waals surface area contributed by atoms with E-state index in [4.69, 9.17) is 4.74 Å². The van der Waals surface area contributed by atoms with Gasteiger partial charge in [0, 0.05) is 31.2 Å². The lowest BCUT2D eigenvalue weighted by Gasteiger charge is -2.27. The molecule has 0 saturated carbocycles. The molecule has 180 valence electrons. The highest BCUT2D eigenvalue weighted by Gasteiger charge is 2.28. The van der Waals surface area contributed by atoms with E-state index in [0.717, 1.165) is 31.5 Å². The van der Waals surface area contributed by atoms with E-state index in [1.54, 1.807) is 37.3 Å². The first kappa shape index (κ1) is 24.2. The van der Waals surface area contributed by atoms with Crippen LogP contribution in [0.5, 0.6) is 0 Å². The lowest BCUT2D eigenvalue weighted by Crippen LogP contribution is -2.30. The molecule has 8 heteroatoms. The molecule has 0 aliphatic carbocycles. The minimum absolute atomic E-state index is 0.162. The van der Waals surface area contributed by atoms with Crippen LogP contribution in [0.2, 0.25) is 0 Å². The summed E-state index contributed by atoms with van der Waals surface area (Å²) >= 11 is 0. The molecule has 4 rings (SSSR count). The summed E-state index contributed by atoms with van der Waals surface area (Å²) in [5.41, 5.74) is 2.70. The molecule has 2 heterocycles. The molecule has 0 radical (unpaired) electrons. The zero-order valence-electron chi connectivity index (χ0n) is 20.0. The zero-order valence-corrected chi connectivity index (χ0v) is 20.8. The van der Waals surface area contributed by atoms with Crippen LogP contribution >= 0.6 is 0 Å². The summed E-state index contributed by atoms with van der Waals surface area (Å²) < 4.78 is 32.9. The third kappa shape index (κ3) is 4.79. The summed E-state index contributed by atoms with van der Waals surface area (Å²) in [6.07, 6.45) is 3.20. The fraction of sp³-hybridized carbons (Fsp3) is 0.385. The molecular weight excluding hydrogens is 450 g/mol. The number of carbonyl (C=O) groups excluding carboxylic acids is 1. The molecule has 34 heavy (non-hydrogen) atoms. The fourth-order valence-corrected chi connectivity index (χ4v) is 5.76. The van der Waals surface area contributed by atoms with Crippen LogP contribution in [0, 0.1) is 0 Å². The molecule has 2 aromatic carbocycles. The maximum Gasteiger partial charge on any atom is 0.338 e. The number of aromatic nitrogens is 1. The van der Waals surface area contributed by atoms with E-state index < -0.39 is 15.8 Å². The third-order valence-electron chi connectivity index (χ3n) is 6.28. The van der Waals surface area contributed by atoms with Crippen molar-refractivity contribution in [1.82, 2.24) is 9.88 Å². The van der Waals surface area contributed by atoms with E-state index in [9.17, 15) is 13.2 Å². The van der Waals surface area contributed by atoms with Crippen molar-refractivity contribution in [1.29, 1.82) is 0 Å². The molecule has 0 N–H and O–H groups in total. The van der Waals surface area contributed by atoms with Gasteiger partial charge in [0.05, 0.1) is 28.3 Å². The van der Waals surface area contributed by atoms with Crippen LogP contribution in [-0.4, -0.2) is 64.1 Å². The maximum absolute atomic E-state index is 13.8. The van der Waals surface area contributed by atoms with Crippen molar-refractivity contribution in [2.45, 2.75) is 36.5 Å². The standard InChI is InChI=1S/C26H31N3O4S/c1-4-19-7-10-21(11-8-19)34(31,32)24-18-27-23-12-9-20(26(30)33-5-2)17-22(23)25(24)29-14-6-13-28(3)15-16-29/h7-12,17-18H,4-6,13-16H2,1-3H3. The minimum atomic E-state index is -3.84. The molecule has 1 aliphatic heterocycles. The van der Waals surface area contributed by atoms with Crippen LogP contribution in [0.1, 0.15) is 36.2 Å². The molecule has 3 aromatic rings. The Morgan fingerprint density at radius 3 is 2.50 bits per heavy atom. The number of likely N-dealkylation sites (N-methyl/N-ethyl adjacent to an activating group) is 1. The number of ether oxygens (including phenoxy) is 1. The number of sulfone groups is 1. The van der Waals surface area contributed by atoms with E-state index in [1.807, 2.05) is 19.1 Å². The van der Waals surface area contributed by atoms with Crippen LogP contribution in [0.15, 0.2) is 58.5 Å². The van der Waals surface area contributed by atoms with E-state index in [1.165, 1.54) is 6.20 Å². The molecule has 1 fully saturated rings. The second kappa shape index (κ2) is 10.1. The van der Waals surface area contributed by atoms with E-state index in [0.29, 0.717) is 35.2 Å². The molecular formula is C26H31N3O4S. The lowest BCUT2D eigenvalue weighted by atomic mass is 10.1. The van der Waals surface area contributed by atoms with Gasteiger partial charge in [-0.1, -0.05) is 19.1 Å². The van der Waals surface area contributed by atoms with Gasteiger partial charge in [0.25, 0.3) is 0 Å². The number of carbonyl (C=O) groups is 1. The predicted octanol–water partition coefficient (Wildman–Crippen LogP) is 3.95. The van der Waals surface area contributed by atoms with Crippen LogP contribution in [-0.2, 0) is 21.0 Å². The second-order valence-corrected chi connectivity index (χ2v) is 10.5. The normalized spacial score (nSPS) is 15.3. The predicted molar refractivity (Wildman–Crippen MR) is 133 cm³/mol. The number of nitrogens with zero attached hydrogens (tertiary/aromatic N) is 3. The highest BCUT2D eigenvalue weighted by molar-refractivity contribution is 7.91. The highest BCUT2D eigenvalue weighted by Crippen LogP contribution is 2.37. The number of esters is 1. The Hall–Kier alpha value is -2.97. The number of hydrogen-bond donors (Lipinski definition) is 0. The summed E-state index contributed by atoms with van der Waals surface area (Å²) in [6.45, 7) is 7.20. The molecule has 1 aliphatic rings. The SMILES string of the molecule is CCOC(=O)c1ccc2ncc(S(=O)(=O)c3ccc(CC)cc3)c(N3CCCN(C)CC3)c2c1. The monoisotopic (exact) mass is 481 g/mol. The van der Waals surface area contributed by atoms with Crippen LogP contribution in [0.25, 0.3) is 10.9 Å². The number of benzene rings is 2. The number of anilines is 1. The molecule has 7 nitrogen and oxygen atoms in total. The number of rotatable bonds is 6. The molecule has 0 amide bonds. The minimum Gasteiger partial charge on any atom is -0.462 e. The maximum atomic E-state index is 13.8. The Morgan fingerprint density at radius 1 is 1.03 bits per heavy atom. The molecule has 0 bridgehead atoms. The van der Waals surface area contributed by atoms with Crippen molar-refractivity contribution in [3.63, 3.8) is 0 Å². The van der Waals surface area contributed by atoms with Crippen LogP contribution in [0.3, 0.4) is 0 Å². The smallest absolute Gasteiger partial charge is 0.338 e. The zero-order chi connectivity index (χ0) is 24.3. The van der Waals surface area contributed by atoms with Gasteiger partial charge in [-0.15, -0.1) is 0 Å². The van der Waals surface area contributed by atoms with Crippen molar-refractivity contribution in [3.05, 3.63) is 59.8 Å². The molecule has 1 saturated heterocycles. The van der Waals surface area contributed by atoms with Gasteiger partial charge in [-0.25, -0.2) is 13.2 Å². The number of aryl methyl sites for hydroxylation is 1. The average Bonchev–Trinajstić information content (AvgIpc) is 3.07. The first-order chi connectivity index (χ1) is 16.3. The molecule has 0 unspecified atom stereocenters. The fourth-order valence-electron chi connectivity index (χ4n) is 4.33. The van der Waals surface area contributed by atoms with Crippen molar-refractivity contribution in [2.75, 3.05) is 44.7 Å². The topological polar surface area (TPSA) is 79.8 Å². The van der Waals surface area contributed by atoms with Gasteiger partial charge in [0.1, 0.15) is 4.90 Å². The quantitative estimate of drug-likeness (QED) is 0.493. The van der Waals surface area contributed by atoms with Crippen LogP contribution in [0.4, 0.5) is 5.69 Å². The van der Waals surface area contributed by atoms with Gasteiger partial charge in [0.2, 0.25) is 9.84 Å². The first-order valence-electron chi connectivity index (χ1n) is 11.7. The molecule has 0 spiro atoms. The van der Waals surface area contributed by atoms with Gasteiger partial charge < -0.3 is 14.5 Å².